The van der Waals surface area contributed by atoms with Gasteiger partial charge < -0.3 is 25.0 Å². The molecule has 0 aliphatic heterocycles. The number of anilines is 2. The highest BCUT2D eigenvalue weighted by Gasteiger charge is 2.24. The zero-order valence-electron chi connectivity index (χ0n) is 18.4. The number of ether oxygens (including phenoxy) is 2. The first-order valence-electron chi connectivity index (χ1n) is 10.2. The summed E-state index contributed by atoms with van der Waals surface area (Å²) in [6.45, 7) is 1.97. The number of carbonyl (C=O) groups is 1. The summed E-state index contributed by atoms with van der Waals surface area (Å²) in [5.41, 5.74) is 1.47. The van der Waals surface area contributed by atoms with Gasteiger partial charge in [-0.05, 0) is 44.7 Å². The monoisotopic (exact) mass is 413 g/mol. The lowest BCUT2D eigenvalue weighted by Crippen LogP contribution is -2.40. The van der Waals surface area contributed by atoms with Crippen molar-refractivity contribution >= 4 is 17.7 Å². The minimum absolute atomic E-state index is 0.110. The highest BCUT2D eigenvalue weighted by atomic mass is 16.5. The molecule has 0 atom stereocenters. The van der Waals surface area contributed by atoms with E-state index in [1.807, 2.05) is 32.0 Å². The summed E-state index contributed by atoms with van der Waals surface area (Å²) >= 11 is 0. The molecule has 8 nitrogen and oxygen atoms in total. The molecule has 1 aliphatic rings. The highest BCUT2D eigenvalue weighted by Crippen LogP contribution is 2.25. The Labute approximate surface area is 178 Å². The van der Waals surface area contributed by atoms with Gasteiger partial charge in [-0.3, -0.25) is 4.79 Å². The molecule has 1 amide bonds. The third-order valence-corrected chi connectivity index (χ3v) is 5.31. The van der Waals surface area contributed by atoms with Crippen LogP contribution in [0.3, 0.4) is 0 Å². The van der Waals surface area contributed by atoms with Gasteiger partial charge in [-0.15, -0.1) is 0 Å². The summed E-state index contributed by atoms with van der Waals surface area (Å²) in [5.74, 6) is 2.64. The number of aryl methyl sites for hydroxylation is 1. The number of hydrogen-bond donors (Lipinski definition) is 2. The molecule has 1 aliphatic carbocycles. The molecule has 1 heterocycles. The van der Waals surface area contributed by atoms with Crippen molar-refractivity contribution in [1.29, 1.82) is 0 Å². The fraction of sp³-hybridized carbons (Fsp3) is 0.500. The van der Waals surface area contributed by atoms with Crippen molar-refractivity contribution in [3.63, 3.8) is 0 Å². The van der Waals surface area contributed by atoms with E-state index in [-0.39, 0.29) is 11.9 Å². The number of carbonyl (C=O) groups excluding carboxylic acids is 1. The number of benzene rings is 1. The molecule has 0 bridgehead atoms. The van der Waals surface area contributed by atoms with E-state index in [0.29, 0.717) is 29.1 Å². The molecular weight excluding hydrogens is 382 g/mol. The van der Waals surface area contributed by atoms with Crippen LogP contribution in [0.25, 0.3) is 0 Å². The molecule has 8 heteroatoms. The van der Waals surface area contributed by atoms with Gasteiger partial charge in [0.15, 0.2) is 0 Å². The van der Waals surface area contributed by atoms with Crippen molar-refractivity contribution in [3.05, 3.63) is 35.5 Å². The Balaban J connectivity index is 1.55. The van der Waals surface area contributed by atoms with Crippen LogP contribution in [0.4, 0.5) is 11.8 Å². The molecular formula is C22H31N5O3. The average Bonchev–Trinajstić information content (AvgIpc) is 2.74. The molecule has 0 saturated heterocycles. The predicted octanol–water partition coefficient (Wildman–Crippen LogP) is 3.02. The maximum atomic E-state index is 12.7. The molecule has 2 aromatic rings. The van der Waals surface area contributed by atoms with E-state index in [9.17, 15) is 4.79 Å². The van der Waals surface area contributed by atoms with E-state index in [4.69, 9.17) is 9.47 Å². The summed E-state index contributed by atoms with van der Waals surface area (Å²) in [5, 5.41) is 6.60. The molecule has 1 saturated carbocycles. The molecule has 3 rings (SSSR count). The first-order chi connectivity index (χ1) is 14.4. The number of aromatic nitrogens is 2. The minimum Gasteiger partial charge on any atom is -0.497 e. The maximum Gasteiger partial charge on any atom is 0.251 e. The Bertz CT molecular complexity index is 857. The number of nitrogens with one attached hydrogen (secondary N) is 2. The van der Waals surface area contributed by atoms with E-state index in [2.05, 4.69) is 20.6 Å². The van der Waals surface area contributed by atoms with Gasteiger partial charge in [-0.2, -0.15) is 4.98 Å². The summed E-state index contributed by atoms with van der Waals surface area (Å²) in [6, 6.07) is 7.61. The predicted molar refractivity (Wildman–Crippen MR) is 118 cm³/mol. The van der Waals surface area contributed by atoms with Crippen LogP contribution in [0.2, 0.25) is 0 Å². The van der Waals surface area contributed by atoms with Gasteiger partial charge >= 0.3 is 0 Å². The van der Waals surface area contributed by atoms with Crippen LogP contribution in [0.1, 0.15) is 41.7 Å². The van der Waals surface area contributed by atoms with E-state index < -0.39 is 0 Å². The molecule has 1 aromatic heterocycles. The number of nitrogens with zero attached hydrogens (tertiary/aromatic N) is 3. The number of hydrogen-bond acceptors (Lipinski definition) is 7. The van der Waals surface area contributed by atoms with Crippen molar-refractivity contribution < 1.29 is 14.3 Å². The zero-order chi connectivity index (χ0) is 21.7. The van der Waals surface area contributed by atoms with Gasteiger partial charge in [0.25, 0.3) is 5.91 Å². The van der Waals surface area contributed by atoms with Crippen molar-refractivity contribution in [3.8, 4) is 11.5 Å². The second kappa shape index (κ2) is 9.65. The lowest BCUT2D eigenvalue weighted by atomic mass is 9.91. The quantitative estimate of drug-likeness (QED) is 0.721. The fourth-order valence-corrected chi connectivity index (χ4v) is 3.62. The van der Waals surface area contributed by atoms with Crippen LogP contribution in [0.15, 0.2) is 24.3 Å². The summed E-state index contributed by atoms with van der Waals surface area (Å²) in [7, 11) is 7.09. The molecule has 0 spiro atoms. The summed E-state index contributed by atoms with van der Waals surface area (Å²) < 4.78 is 10.5. The second-order valence-electron chi connectivity index (χ2n) is 7.85. The third kappa shape index (κ3) is 5.52. The van der Waals surface area contributed by atoms with Crippen LogP contribution in [0.5, 0.6) is 11.5 Å². The molecule has 0 unspecified atom stereocenters. The van der Waals surface area contributed by atoms with Gasteiger partial charge in [0.05, 0.1) is 14.2 Å². The second-order valence-corrected chi connectivity index (χ2v) is 7.85. The van der Waals surface area contributed by atoms with Crippen LogP contribution in [0, 0.1) is 6.92 Å². The Kier molecular flexibility index (Phi) is 6.97. The van der Waals surface area contributed by atoms with Crippen LogP contribution in [-0.4, -0.2) is 56.3 Å². The Hall–Kier alpha value is -3.03. The first kappa shape index (κ1) is 21.7. The van der Waals surface area contributed by atoms with Gasteiger partial charge in [0, 0.05) is 49.6 Å². The van der Waals surface area contributed by atoms with Crippen LogP contribution < -0.4 is 25.0 Å². The lowest BCUT2D eigenvalue weighted by molar-refractivity contribution is 0.0926. The van der Waals surface area contributed by atoms with Crippen LogP contribution in [-0.2, 0) is 0 Å². The normalized spacial score (nSPS) is 18.4. The SMILES string of the molecule is COc1cc(OC)cc(C(=O)NC2CCC(Nc3nc(C)cc(N(C)C)n3)CC2)c1. The van der Waals surface area contributed by atoms with Crippen molar-refractivity contribution in [2.75, 3.05) is 38.5 Å². The lowest BCUT2D eigenvalue weighted by Gasteiger charge is -2.30. The standard InChI is InChI=1S/C22H31N5O3/c1-14-10-20(27(2)3)26-22(23-14)25-17-8-6-16(7-9-17)24-21(28)15-11-18(29-4)13-19(12-15)30-5/h10-13,16-17H,6-9H2,1-5H3,(H,24,28)(H,23,25,26). The van der Waals surface area contributed by atoms with Crippen molar-refractivity contribution in [1.82, 2.24) is 15.3 Å². The van der Waals surface area contributed by atoms with Gasteiger partial charge in [0.2, 0.25) is 5.95 Å². The Morgan fingerprint density at radius 1 is 0.967 bits per heavy atom. The number of rotatable bonds is 7. The third-order valence-electron chi connectivity index (χ3n) is 5.31. The molecule has 1 fully saturated rings. The van der Waals surface area contributed by atoms with E-state index >= 15 is 0 Å². The van der Waals surface area contributed by atoms with E-state index in [0.717, 1.165) is 37.2 Å². The van der Waals surface area contributed by atoms with E-state index in [1.54, 1.807) is 32.4 Å². The van der Waals surface area contributed by atoms with Gasteiger partial charge in [-0.25, -0.2) is 4.98 Å². The van der Waals surface area contributed by atoms with Crippen molar-refractivity contribution in [2.45, 2.75) is 44.7 Å². The van der Waals surface area contributed by atoms with Crippen LogP contribution >= 0.6 is 0 Å². The smallest absolute Gasteiger partial charge is 0.251 e. The average molecular weight is 414 g/mol. The highest BCUT2D eigenvalue weighted by molar-refractivity contribution is 5.95. The Morgan fingerprint density at radius 2 is 1.57 bits per heavy atom. The van der Waals surface area contributed by atoms with Gasteiger partial charge in [-0.1, -0.05) is 0 Å². The number of amides is 1. The van der Waals surface area contributed by atoms with E-state index in [1.165, 1.54) is 0 Å². The minimum atomic E-state index is -0.110. The first-order valence-corrected chi connectivity index (χ1v) is 10.2. The van der Waals surface area contributed by atoms with Crippen molar-refractivity contribution in [2.24, 2.45) is 0 Å². The molecule has 30 heavy (non-hydrogen) atoms. The topological polar surface area (TPSA) is 88.6 Å². The Morgan fingerprint density at radius 3 is 2.13 bits per heavy atom. The molecule has 0 radical (unpaired) electrons. The summed E-state index contributed by atoms with van der Waals surface area (Å²) in [6.07, 6.45) is 3.69. The number of methoxy groups -OCH3 is 2. The molecule has 162 valence electrons. The fourth-order valence-electron chi connectivity index (χ4n) is 3.62. The maximum absolute atomic E-state index is 12.7. The summed E-state index contributed by atoms with van der Waals surface area (Å²) in [4.78, 5) is 23.8. The van der Waals surface area contributed by atoms with Gasteiger partial charge in [0.1, 0.15) is 17.3 Å². The largest absolute Gasteiger partial charge is 0.497 e. The molecule has 2 N–H and O–H groups in total. The zero-order valence-corrected chi connectivity index (χ0v) is 18.4. The molecule has 1 aromatic carbocycles.